The molecule has 0 fully saturated rings. The molecule has 2 aliphatic heterocycles. The molecule has 2 aliphatic rings. The first kappa shape index (κ1) is 18.1. The van der Waals surface area contributed by atoms with Crippen molar-refractivity contribution in [3.05, 3.63) is 66.4 Å². The van der Waals surface area contributed by atoms with Gasteiger partial charge in [0.05, 0.1) is 15.9 Å². The minimum Gasteiger partial charge on any atom is -0.493 e. The summed E-state index contributed by atoms with van der Waals surface area (Å²) in [7, 11) is 0. The zero-order valence-electron chi connectivity index (χ0n) is 14.6. The third-order valence-electron chi connectivity index (χ3n) is 4.49. The molecule has 0 radical (unpaired) electrons. The summed E-state index contributed by atoms with van der Waals surface area (Å²) in [6.45, 7) is 0.143. The fourth-order valence-corrected chi connectivity index (χ4v) is 4.53. The van der Waals surface area contributed by atoms with Gasteiger partial charge in [0, 0.05) is 21.9 Å². The van der Waals surface area contributed by atoms with Gasteiger partial charge in [0.1, 0.15) is 0 Å². The quantitative estimate of drug-likeness (QED) is 0.486. The number of halogens is 1. The van der Waals surface area contributed by atoms with Gasteiger partial charge in [-0.1, -0.05) is 11.6 Å². The topological polar surface area (TPSA) is 73.1 Å². The average Bonchev–Trinajstić information content (AvgIpc) is 3.25. The molecule has 6 nitrogen and oxygen atoms in total. The van der Waals surface area contributed by atoms with Gasteiger partial charge in [0.25, 0.3) is 5.91 Å². The third-order valence-corrected chi connectivity index (χ3v) is 6.05. The molecule has 2 aromatic carbocycles. The molecule has 9 heteroatoms. The highest BCUT2D eigenvalue weighted by Gasteiger charge is 2.19. The standard InChI is InChI=1S/C20H11ClN2O4S2/c21-12-1-3-13(4-2-12)23-19(25)17(29-20(23)28)7-11-5-10-6-15-16(27-9-26-15)8-14(10)22-18(11)24/h1-8,25H,9H2/b11-7+. The van der Waals surface area contributed by atoms with E-state index in [1.54, 1.807) is 48.6 Å². The lowest BCUT2D eigenvalue weighted by Gasteiger charge is -2.06. The van der Waals surface area contributed by atoms with E-state index in [1.165, 1.54) is 15.9 Å². The molecule has 0 saturated heterocycles. The summed E-state index contributed by atoms with van der Waals surface area (Å²) in [5.41, 5.74) is 1.02. The zero-order chi connectivity index (χ0) is 20.1. The first-order chi connectivity index (χ1) is 14.0. The molecule has 5 rings (SSSR count). The van der Waals surface area contributed by atoms with Crippen LogP contribution in [0.25, 0.3) is 17.8 Å². The number of hydrogen-bond donors (Lipinski definition) is 1. The highest BCUT2D eigenvalue weighted by molar-refractivity contribution is 7.73. The number of carbonyl (C=O) groups excluding carboxylic acids is 1. The van der Waals surface area contributed by atoms with Gasteiger partial charge in [-0.3, -0.25) is 9.36 Å². The molecular formula is C20H11ClN2O4S2. The van der Waals surface area contributed by atoms with Gasteiger partial charge < -0.3 is 14.6 Å². The number of aromatic hydroxyl groups is 1. The van der Waals surface area contributed by atoms with Crippen LogP contribution in [0.1, 0.15) is 4.88 Å². The van der Waals surface area contributed by atoms with Crippen LogP contribution in [0.3, 0.4) is 0 Å². The maximum atomic E-state index is 12.5. The van der Waals surface area contributed by atoms with Crippen LogP contribution in [0.2, 0.25) is 5.02 Å². The van der Waals surface area contributed by atoms with Crippen LogP contribution in [-0.2, 0) is 4.79 Å². The van der Waals surface area contributed by atoms with Crippen molar-refractivity contribution in [1.29, 1.82) is 0 Å². The Hall–Kier alpha value is -2.94. The first-order valence-electron chi connectivity index (χ1n) is 8.46. The summed E-state index contributed by atoms with van der Waals surface area (Å²) < 4.78 is 12.7. The second kappa shape index (κ2) is 6.84. The van der Waals surface area contributed by atoms with Crippen LogP contribution in [0, 0.1) is 3.95 Å². The summed E-state index contributed by atoms with van der Waals surface area (Å²) in [5, 5.41) is 12.5. The van der Waals surface area contributed by atoms with Crippen molar-refractivity contribution in [2.24, 2.45) is 4.99 Å². The van der Waals surface area contributed by atoms with Crippen LogP contribution in [-0.4, -0.2) is 22.4 Å². The third kappa shape index (κ3) is 3.15. The van der Waals surface area contributed by atoms with E-state index in [0.29, 0.717) is 42.0 Å². The van der Waals surface area contributed by atoms with Gasteiger partial charge in [0.2, 0.25) is 12.7 Å². The lowest BCUT2D eigenvalue weighted by Crippen LogP contribution is -2.30. The van der Waals surface area contributed by atoms with Crippen LogP contribution < -0.4 is 20.0 Å². The van der Waals surface area contributed by atoms with Crippen molar-refractivity contribution in [3.8, 4) is 23.1 Å². The maximum absolute atomic E-state index is 12.5. The Morgan fingerprint density at radius 1 is 1.21 bits per heavy atom. The molecule has 0 unspecified atom stereocenters. The number of aromatic nitrogens is 1. The lowest BCUT2D eigenvalue weighted by molar-refractivity contribution is -0.114. The fraction of sp³-hybridized carbons (Fsp3) is 0.0500. The van der Waals surface area contributed by atoms with Crippen molar-refractivity contribution in [3.63, 3.8) is 0 Å². The molecule has 0 spiro atoms. The number of nitrogens with zero attached hydrogens (tertiary/aromatic N) is 2. The Morgan fingerprint density at radius 3 is 2.69 bits per heavy atom. The van der Waals surface area contributed by atoms with Crippen molar-refractivity contribution in [1.82, 2.24) is 4.57 Å². The lowest BCUT2D eigenvalue weighted by atomic mass is 10.1. The number of benzene rings is 2. The Labute approximate surface area is 178 Å². The largest absolute Gasteiger partial charge is 0.493 e. The Bertz CT molecular complexity index is 1390. The second-order valence-corrected chi connectivity index (χ2v) is 8.41. The van der Waals surface area contributed by atoms with Gasteiger partial charge >= 0.3 is 0 Å². The number of fused-ring (bicyclic) bond motifs is 2. The van der Waals surface area contributed by atoms with Crippen LogP contribution in [0.4, 0.5) is 0 Å². The average molecular weight is 443 g/mol. The van der Waals surface area contributed by atoms with Gasteiger partial charge in [-0.05, 0) is 54.7 Å². The minimum atomic E-state index is -0.409. The number of ether oxygens (including phenoxy) is 2. The Kier molecular flexibility index (Phi) is 4.27. The van der Waals surface area contributed by atoms with E-state index in [2.05, 4.69) is 4.99 Å². The molecule has 0 saturated carbocycles. The van der Waals surface area contributed by atoms with Gasteiger partial charge in [0.15, 0.2) is 15.5 Å². The first-order valence-corrected chi connectivity index (χ1v) is 10.1. The van der Waals surface area contributed by atoms with Gasteiger partial charge in [-0.15, -0.1) is 11.3 Å². The molecule has 0 atom stereocenters. The molecule has 3 aromatic rings. The highest BCUT2D eigenvalue weighted by atomic mass is 35.5. The highest BCUT2D eigenvalue weighted by Crippen LogP contribution is 2.33. The SMILES string of the molecule is O=C1N=c2cc3c(cc2=C/C1=C\c1sc(=S)n(-c2ccc(Cl)cc2)c1O)OCO3. The number of carbonyl (C=O) groups is 1. The van der Waals surface area contributed by atoms with E-state index < -0.39 is 5.91 Å². The molecular weight excluding hydrogens is 432 g/mol. The maximum Gasteiger partial charge on any atom is 0.277 e. The molecule has 3 heterocycles. The molecule has 1 aromatic heterocycles. The van der Waals surface area contributed by atoms with Crippen LogP contribution in [0.5, 0.6) is 17.4 Å². The Morgan fingerprint density at radius 2 is 1.93 bits per heavy atom. The normalized spacial score (nSPS) is 15.8. The molecule has 1 amide bonds. The van der Waals surface area contributed by atoms with Crippen LogP contribution >= 0.6 is 35.2 Å². The molecule has 144 valence electrons. The number of thiazole rings is 1. The van der Waals surface area contributed by atoms with E-state index in [-0.39, 0.29) is 12.7 Å². The van der Waals surface area contributed by atoms with Crippen molar-refractivity contribution < 1.29 is 19.4 Å². The number of rotatable bonds is 2. The van der Waals surface area contributed by atoms with Gasteiger partial charge in [-0.2, -0.15) is 0 Å². The number of hydrogen-bond acceptors (Lipinski definition) is 6. The smallest absolute Gasteiger partial charge is 0.277 e. The minimum absolute atomic E-state index is 0.0486. The summed E-state index contributed by atoms with van der Waals surface area (Å²) >= 11 is 12.5. The summed E-state index contributed by atoms with van der Waals surface area (Å²) in [4.78, 5) is 17.1. The van der Waals surface area contributed by atoms with Crippen molar-refractivity contribution >= 4 is 53.2 Å². The van der Waals surface area contributed by atoms with Gasteiger partial charge in [-0.25, -0.2) is 4.99 Å². The number of amides is 1. The predicted molar refractivity (Wildman–Crippen MR) is 112 cm³/mol. The van der Waals surface area contributed by atoms with E-state index in [9.17, 15) is 9.90 Å². The molecule has 0 bridgehead atoms. The van der Waals surface area contributed by atoms with Crippen molar-refractivity contribution in [2.75, 3.05) is 6.79 Å². The van der Waals surface area contributed by atoms with E-state index in [0.717, 1.165) is 5.22 Å². The predicted octanol–water partition coefficient (Wildman–Crippen LogP) is 3.38. The zero-order valence-corrected chi connectivity index (χ0v) is 17.0. The summed E-state index contributed by atoms with van der Waals surface area (Å²) in [5.74, 6) is 0.716. The van der Waals surface area contributed by atoms with E-state index in [4.69, 9.17) is 33.3 Å². The van der Waals surface area contributed by atoms with E-state index in [1.807, 2.05) is 0 Å². The monoisotopic (exact) mass is 442 g/mol. The summed E-state index contributed by atoms with van der Waals surface area (Å²) in [6.07, 6.45) is 3.29. The second-order valence-electron chi connectivity index (χ2n) is 6.29. The molecule has 1 N–H and O–H groups in total. The fourth-order valence-electron chi connectivity index (χ4n) is 3.10. The summed E-state index contributed by atoms with van der Waals surface area (Å²) in [6, 6.07) is 10.4. The van der Waals surface area contributed by atoms with E-state index >= 15 is 0 Å². The van der Waals surface area contributed by atoms with Crippen molar-refractivity contribution in [2.45, 2.75) is 0 Å². The molecule has 29 heavy (non-hydrogen) atoms. The van der Waals surface area contributed by atoms with Crippen LogP contribution in [0.15, 0.2) is 47.0 Å². The Balaban J connectivity index is 1.61. The molecule has 0 aliphatic carbocycles.